The minimum atomic E-state index is -0.607. The van der Waals surface area contributed by atoms with Gasteiger partial charge in [0.2, 0.25) is 0 Å². The van der Waals surface area contributed by atoms with Crippen molar-refractivity contribution in [3.63, 3.8) is 0 Å². The second-order valence-electron chi connectivity index (χ2n) is 7.95. The number of aromatic amines is 1. The molecule has 4 nitrogen and oxygen atoms in total. The highest BCUT2D eigenvalue weighted by atomic mass is 19.1. The molecule has 168 valence electrons. The fraction of sp³-hybridized carbons (Fsp3) is 0.192. The number of aromatic nitrogens is 2. The summed E-state index contributed by atoms with van der Waals surface area (Å²) in [6.07, 6.45) is 1.71. The zero-order chi connectivity index (χ0) is 22.8. The molecule has 1 fully saturated rings. The normalized spacial score (nSPS) is 15.5. The molecule has 1 aliphatic heterocycles. The van der Waals surface area contributed by atoms with Crippen molar-refractivity contribution in [2.24, 2.45) is 0 Å². The topological polar surface area (TPSA) is 41.2 Å². The van der Waals surface area contributed by atoms with Gasteiger partial charge in [-0.25, -0.2) is 13.2 Å². The van der Waals surface area contributed by atoms with E-state index < -0.39 is 11.6 Å². The average molecular weight is 449 g/mol. The third kappa shape index (κ3) is 4.17. The molecule has 0 radical (unpaired) electrons. The molecule has 0 amide bonds. The lowest BCUT2D eigenvalue weighted by molar-refractivity contribution is 0.0240. The van der Waals surface area contributed by atoms with Crippen LogP contribution >= 0.6 is 0 Å². The Balaban J connectivity index is 1.58. The standard InChI is InChI=1S/C26H22F3N3O/c27-21-5-2-1-4-19(21)25-20(16-30-31-25)26(32-12-14-33-15-13-32)18-10-8-17(9-11-18)24-22(28)6-3-7-23(24)29/h1-11,16,26H,12-15H2,(H,30,31). The Kier molecular flexibility index (Phi) is 5.98. The molecule has 0 spiro atoms. The molecular formula is C26H22F3N3O. The SMILES string of the molecule is Fc1ccccc1-c1[nH]ncc1C(c1ccc(-c2c(F)cccc2F)cc1)N1CCOCC1. The molecule has 1 unspecified atom stereocenters. The first-order valence-corrected chi connectivity index (χ1v) is 10.8. The number of nitrogens with one attached hydrogen (secondary N) is 1. The molecule has 7 heteroatoms. The first-order chi connectivity index (χ1) is 16.1. The van der Waals surface area contributed by atoms with Crippen LogP contribution < -0.4 is 0 Å². The number of ether oxygens (including phenoxy) is 1. The Bertz CT molecular complexity index is 1230. The number of benzene rings is 3. The van der Waals surface area contributed by atoms with Crippen molar-refractivity contribution in [2.45, 2.75) is 6.04 Å². The first kappa shape index (κ1) is 21.4. The molecular weight excluding hydrogens is 427 g/mol. The lowest BCUT2D eigenvalue weighted by atomic mass is 9.93. The van der Waals surface area contributed by atoms with Gasteiger partial charge in [-0.3, -0.25) is 10.00 Å². The van der Waals surface area contributed by atoms with Crippen molar-refractivity contribution < 1.29 is 17.9 Å². The van der Waals surface area contributed by atoms with Gasteiger partial charge in [0.25, 0.3) is 0 Å². The number of morpholine rings is 1. The third-order valence-electron chi connectivity index (χ3n) is 6.00. The summed E-state index contributed by atoms with van der Waals surface area (Å²) in [5.74, 6) is -1.55. The summed E-state index contributed by atoms with van der Waals surface area (Å²) in [5.41, 5.74) is 3.18. The number of H-pyrrole nitrogens is 1. The Morgan fingerprint density at radius 1 is 0.818 bits per heavy atom. The van der Waals surface area contributed by atoms with Crippen LogP contribution in [0.5, 0.6) is 0 Å². The van der Waals surface area contributed by atoms with Gasteiger partial charge in [0.1, 0.15) is 17.5 Å². The zero-order valence-corrected chi connectivity index (χ0v) is 17.8. The lowest BCUT2D eigenvalue weighted by Gasteiger charge is -2.35. The molecule has 5 rings (SSSR count). The third-order valence-corrected chi connectivity index (χ3v) is 6.00. The summed E-state index contributed by atoms with van der Waals surface area (Å²) >= 11 is 0. The second-order valence-corrected chi connectivity index (χ2v) is 7.95. The summed E-state index contributed by atoms with van der Waals surface area (Å²) in [5, 5.41) is 7.18. The predicted octanol–water partition coefficient (Wildman–Crippen LogP) is 5.58. The van der Waals surface area contributed by atoms with Crippen LogP contribution in [0.3, 0.4) is 0 Å². The van der Waals surface area contributed by atoms with Crippen molar-refractivity contribution in [1.29, 1.82) is 0 Å². The molecule has 33 heavy (non-hydrogen) atoms. The van der Waals surface area contributed by atoms with Gasteiger partial charge in [0.15, 0.2) is 0 Å². The fourth-order valence-corrected chi connectivity index (χ4v) is 4.41. The lowest BCUT2D eigenvalue weighted by Crippen LogP contribution is -2.39. The van der Waals surface area contributed by atoms with E-state index in [9.17, 15) is 13.2 Å². The maximum absolute atomic E-state index is 14.6. The van der Waals surface area contributed by atoms with Crippen LogP contribution in [0.1, 0.15) is 17.2 Å². The Morgan fingerprint density at radius 2 is 1.48 bits per heavy atom. The van der Waals surface area contributed by atoms with Gasteiger partial charge in [0, 0.05) is 24.2 Å². The van der Waals surface area contributed by atoms with Gasteiger partial charge in [-0.05, 0) is 35.4 Å². The minimum absolute atomic E-state index is 0.0534. The number of hydrogen-bond donors (Lipinski definition) is 1. The average Bonchev–Trinajstić information content (AvgIpc) is 3.30. The van der Waals surface area contributed by atoms with Crippen molar-refractivity contribution >= 4 is 0 Å². The largest absolute Gasteiger partial charge is 0.379 e. The molecule has 1 saturated heterocycles. The summed E-state index contributed by atoms with van der Waals surface area (Å²) < 4.78 is 48.7. The van der Waals surface area contributed by atoms with Gasteiger partial charge in [0.05, 0.1) is 36.7 Å². The Labute approximate surface area is 189 Å². The maximum Gasteiger partial charge on any atom is 0.133 e. The Hall–Kier alpha value is -3.42. The molecule has 1 aromatic heterocycles. The van der Waals surface area contributed by atoms with E-state index in [0.29, 0.717) is 43.1 Å². The highest BCUT2D eigenvalue weighted by Crippen LogP contribution is 2.37. The molecule has 0 aliphatic carbocycles. The van der Waals surface area contributed by atoms with E-state index in [1.165, 1.54) is 24.3 Å². The van der Waals surface area contributed by atoms with Gasteiger partial charge < -0.3 is 4.74 Å². The fourth-order valence-electron chi connectivity index (χ4n) is 4.41. The molecule has 4 aromatic rings. The smallest absolute Gasteiger partial charge is 0.133 e. The quantitative estimate of drug-likeness (QED) is 0.432. The molecule has 1 aliphatic rings. The van der Waals surface area contributed by atoms with Crippen LogP contribution in [0.15, 0.2) is 72.9 Å². The van der Waals surface area contributed by atoms with Gasteiger partial charge in [-0.1, -0.05) is 42.5 Å². The molecule has 2 heterocycles. The highest BCUT2D eigenvalue weighted by Gasteiger charge is 2.28. The van der Waals surface area contributed by atoms with Gasteiger partial charge >= 0.3 is 0 Å². The van der Waals surface area contributed by atoms with Crippen LogP contribution in [-0.4, -0.2) is 41.4 Å². The predicted molar refractivity (Wildman–Crippen MR) is 120 cm³/mol. The number of nitrogens with zero attached hydrogens (tertiary/aromatic N) is 2. The van der Waals surface area contributed by atoms with E-state index in [1.54, 1.807) is 36.5 Å². The van der Waals surface area contributed by atoms with E-state index in [1.807, 2.05) is 12.1 Å². The van der Waals surface area contributed by atoms with Crippen molar-refractivity contribution in [3.05, 3.63) is 102 Å². The van der Waals surface area contributed by atoms with Crippen LogP contribution in [-0.2, 0) is 4.74 Å². The molecule has 1 N–H and O–H groups in total. The van der Waals surface area contributed by atoms with Crippen LogP contribution in [0, 0.1) is 17.5 Å². The first-order valence-electron chi connectivity index (χ1n) is 10.8. The summed E-state index contributed by atoms with van der Waals surface area (Å²) in [4.78, 5) is 2.25. The minimum Gasteiger partial charge on any atom is -0.379 e. The van der Waals surface area contributed by atoms with E-state index in [2.05, 4.69) is 15.1 Å². The summed E-state index contributed by atoms with van der Waals surface area (Å²) in [7, 11) is 0. The van der Waals surface area contributed by atoms with Crippen LogP contribution in [0.4, 0.5) is 13.2 Å². The molecule has 3 aromatic carbocycles. The number of rotatable bonds is 5. The highest BCUT2D eigenvalue weighted by molar-refractivity contribution is 5.67. The molecule has 0 saturated carbocycles. The van der Waals surface area contributed by atoms with E-state index in [-0.39, 0.29) is 17.4 Å². The van der Waals surface area contributed by atoms with Gasteiger partial charge in [-0.2, -0.15) is 5.10 Å². The number of hydrogen-bond acceptors (Lipinski definition) is 3. The van der Waals surface area contributed by atoms with E-state index in [4.69, 9.17) is 4.74 Å². The monoisotopic (exact) mass is 449 g/mol. The maximum atomic E-state index is 14.6. The van der Waals surface area contributed by atoms with Crippen LogP contribution in [0.25, 0.3) is 22.4 Å². The van der Waals surface area contributed by atoms with Crippen molar-refractivity contribution in [3.8, 4) is 22.4 Å². The van der Waals surface area contributed by atoms with Crippen molar-refractivity contribution in [2.75, 3.05) is 26.3 Å². The zero-order valence-electron chi connectivity index (χ0n) is 17.8. The molecule has 0 bridgehead atoms. The second kappa shape index (κ2) is 9.21. The summed E-state index contributed by atoms with van der Waals surface area (Å²) in [6.45, 7) is 2.55. The van der Waals surface area contributed by atoms with Gasteiger partial charge in [-0.15, -0.1) is 0 Å². The van der Waals surface area contributed by atoms with E-state index in [0.717, 1.165) is 11.1 Å². The Morgan fingerprint density at radius 3 is 2.18 bits per heavy atom. The van der Waals surface area contributed by atoms with E-state index >= 15 is 0 Å². The summed E-state index contributed by atoms with van der Waals surface area (Å²) in [6, 6.07) is 17.3. The molecule has 1 atom stereocenters. The number of halogens is 3. The van der Waals surface area contributed by atoms with Crippen molar-refractivity contribution in [1.82, 2.24) is 15.1 Å². The van der Waals surface area contributed by atoms with Crippen LogP contribution in [0.2, 0.25) is 0 Å².